The van der Waals surface area contributed by atoms with Crippen LogP contribution in [0.5, 0.6) is 5.75 Å². The number of para-hydroxylation sites is 1. The molecule has 1 aromatic carbocycles. The van der Waals surface area contributed by atoms with Gasteiger partial charge in [0.25, 0.3) is 5.91 Å². The summed E-state index contributed by atoms with van der Waals surface area (Å²) >= 11 is 0. The molecular weight excluding hydrogens is 326 g/mol. The normalized spacial score (nSPS) is 17.8. The highest BCUT2D eigenvalue weighted by atomic mass is 16.5. The third-order valence-electron chi connectivity index (χ3n) is 5.08. The van der Waals surface area contributed by atoms with E-state index >= 15 is 0 Å². The van der Waals surface area contributed by atoms with E-state index in [2.05, 4.69) is 23.0 Å². The van der Waals surface area contributed by atoms with E-state index in [1.165, 1.54) is 0 Å². The molecule has 5 nitrogen and oxygen atoms in total. The van der Waals surface area contributed by atoms with Crippen LogP contribution in [0.2, 0.25) is 0 Å². The topological polar surface area (TPSA) is 45.7 Å². The molecule has 0 bridgehead atoms. The molecule has 0 spiro atoms. The fourth-order valence-electron chi connectivity index (χ4n) is 3.59. The minimum absolute atomic E-state index is 0.0653. The first-order valence-corrected chi connectivity index (χ1v) is 9.21. The van der Waals surface area contributed by atoms with Gasteiger partial charge in [-0.25, -0.2) is 0 Å². The monoisotopic (exact) mass is 353 g/mol. The number of amides is 1. The summed E-state index contributed by atoms with van der Waals surface area (Å²) in [6, 6.07) is 14.0. The molecule has 138 valence electrons. The zero-order valence-corrected chi connectivity index (χ0v) is 15.6. The van der Waals surface area contributed by atoms with Crippen LogP contribution >= 0.6 is 0 Å². The highest BCUT2D eigenvalue weighted by Crippen LogP contribution is 2.23. The first-order chi connectivity index (χ1) is 12.7. The molecule has 1 atom stereocenters. The molecule has 0 N–H and O–H groups in total. The number of hydrogen-bond donors (Lipinski definition) is 0. The van der Waals surface area contributed by atoms with Gasteiger partial charge in [-0.1, -0.05) is 18.2 Å². The zero-order chi connectivity index (χ0) is 18.4. The number of rotatable bonds is 5. The second kappa shape index (κ2) is 8.81. The second-order valence-corrected chi connectivity index (χ2v) is 6.81. The fourth-order valence-corrected chi connectivity index (χ4v) is 3.59. The number of nitrogens with zero attached hydrogens (tertiary/aromatic N) is 3. The number of ether oxygens (including phenoxy) is 1. The molecule has 0 radical (unpaired) electrons. The molecule has 0 aliphatic carbocycles. The summed E-state index contributed by atoms with van der Waals surface area (Å²) in [6.07, 6.45) is 4.92. The Kier molecular flexibility index (Phi) is 6.23. The lowest BCUT2D eigenvalue weighted by atomic mass is 10.1. The Morgan fingerprint density at radius 3 is 2.77 bits per heavy atom. The SMILES string of the molecule is COc1ccccc1C(=O)N1CCC[C@@H](N(C)Cc2ccccn2)CC1. The van der Waals surface area contributed by atoms with E-state index < -0.39 is 0 Å². The van der Waals surface area contributed by atoms with Crippen LogP contribution in [0.1, 0.15) is 35.3 Å². The van der Waals surface area contributed by atoms with Gasteiger partial charge in [-0.2, -0.15) is 0 Å². The van der Waals surface area contributed by atoms with Crippen LogP contribution in [0, 0.1) is 0 Å². The summed E-state index contributed by atoms with van der Waals surface area (Å²) in [5, 5.41) is 0. The molecular formula is C21H27N3O2. The quantitative estimate of drug-likeness (QED) is 0.828. The van der Waals surface area contributed by atoms with E-state index in [0.717, 1.165) is 44.6 Å². The maximum atomic E-state index is 12.9. The Labute approximate surface area is 155 Å². The summed E-state index contributed by atoms with van der Waals surface area (Å²) in [5.41, 5.74) is 1.73. The Bertz CT molecular complexity index is 720. The summed E-state index contributed by atoms with van der Waals surface area (Å²) in [6.45, 7) is 2.41. The van der Waals surface area contributed by atoms with Gasteiger partial charge in [0.05, 0.1) is 18.4 Å². The first-order valence-electron chi connectivity index (χ1n) is 9.21. The number of likely N-dealkylation sites (tertiary alicyclic amines) is 1. The third kappa shape index (κ3) is 4.41. The highest BCUT2D eigenvalue weighted by Gasteiger charge is 2.25. The molecule has 0 saturated carbocycles. The lowest BCUT2D eigenvalue weighted by Gasteiger charge is -2.27. The van der Waals surface area contributed by atoms with E-state index in [1.807, 2.05) is 47.5 Å². The second-order valence-electron chi connectivity index (χ2n) is 6.81. The van der Waals surface area contributed by atoms with Crippen LogP contribution in [0.25, 0.3) is 0 Å². The van der Waals surface area contributed by atoms with Gasteiger partial charge >= 0.3 is 0 Å². The smallest absolute Gasteiger partial charge is 0.257 e. The van der Waals surface area contributed by atoms with E-state index in [9.17, 15) is 4.79 Å². The summed E-state index contributed by atoms with van der Waals surface area (Å²) < 4.78 is 5.35. The first kappa shape index (κ1) is 18.4. The number of carbonyl (C=O) groups is 1. The van der Waals surface area contributed by atoms with Crippen molar-refractivity contribution in [1.82, 2.24) is 14.8 Å². The van der Waals surface area contributed by atoms with E-state index in [0.29, 0.717) is 17.4 Å². The Morgan fingerprint density at radius 1 is 1.19 bits per heavy atom. The largest absolute Gasteiger partial charge is 0.496 e. The third-order valence-corrected chi connectivity index (χ3v) is 5.08. The van der Waals surface area contributed by atoms with Crippen LogP contribution in [0.15, 0.2) is 48.7 Å². The predicted molar refractivity (Wildman–Crippen MR) is 102 cm³/mol. The number of pyridine rings is 1. The van der Waals surface area contributed by atoms with Crippen LogP contribution in [-0.4, -0.2) is 54.0 Å². The lowest BCUT2D eigenvalue weighted by Crippen LogP contribution is -2.35. The maximum absolute atomic E-state index is 12.9. The Hall–Kier alpha value is -2.40. The average molecular weight is 353 g/mol. The molecule has 3 rings (SSSR count). The van der Waals surface area contributed by atoms with Crippen molar-refractivity contribution in [2.75, 3.05) is 27.2 Å². The molecule has 26 heavy (non-hydrogen) atoms. The van der Waals surface area contributed by atoms with E-state index in [1.54, 1.807) is 7.11 Å². The van der Waals surface area contributed by atoms with E-state index in [-0.39, 0.29) is 5.91 Å². The molecule has 0 unspecified atom stereocenters. The molecule has 1 aliphatic rings. The van der Waals surface area contributed by atoms with Gasteiger partial charge in [0.15, 0.2) is 0 Å². The van der Waals surface area contributed by atoms with Crippen molar-refractivity contribution in [1.29, 1.82) is 0 Å². The van der Waals surface area contributed by atoms with Gasteiger partial charge in [-0.15, -0.1) is 0 Å². The van der Waals surface area contributed by atoms with Crippen LogP contribution < -0.4 is 4.74 Å². The van der Waals surface area contributed by atoms with Gasteiger partial charge < -0.3 is 9.64 Å². The summed E-state index contributed by atoms with van der Waals surface area (Å²) in [4.78, 5) is 21.7. The van der Waals surface area contributed by atoms with Crippen LogP contribution in [-0.2, 0) is 6.54 Å². The molecule has 1 aliphatic heterocycles. The number of methoxy groups -OCH3 is 1. The number of aromatic nitrogens is 1. The van der Waals surface area contributed by atoms with Gasteiger partial charge in [-0.3, -0.25) is 14.7 Å². The van der Waals surface area contributed by atoms with Crippen molar-refractivity contribution in [3.05, 3.63) is 59.9 Å². The van der Waals surface area contributed by atoms with E-state index in [4.69, 9.17) is 4.74 Å². The highest BCUT2D eigenvalue weighted by molar-refractivity contribution is 5.96. The summed E-state index contributed by atoms with van der Waals surface area (Å²) in [7, 11) is 3.76. The number of hydrogen-bond acceptors (Lipinski definition) is 4. The Balaban J connectivity index is 1.62. The Morgan fingerprint density at radius 2 is 2.00 bits per heavy atom. The average Bonchev–Trinajstić information content (AvgIpc) is 2.94. The van der Waals surface area contributed by atoms with Crippen molar-refractivity contribution >= 4 is 5.91 Å². The van der Waals surface area contributed by atoms with Crippen LogP contribution in [0.3, 0.4) is 0 Å². The minimum Gasteiger partial charge on any atom is -0.496 e. The molecule has 5 heteroatoms. The molecule has 1 aromatic heterocycles. The minimum atomic E-state index is 0.0653. The molecule has 1 fully saturated rings. The van der Waals surface area contributed by atoms with Crippen LogP contribution in [0.4, 0.5) is 0 Å². The molecule has 1 saturated heterocycles. The molecule has 2 aromatic rings. The maximum Gasteiger partial charge on any atom is 0.257 e. The number of carbonyl (C=O) groups excluding carboxylic acids is 1. The summed E-state index contributed by atoms with van der Waals surface area (Å²) in [5.74, 6) is 0.709. The van der Waals surface area contributed by atoms with Crippen molar-refractivity contribution in [3.63, 3.8) is 0 Å². The lowest BCUT2D eigenvalue weighted by molar-refractivity contribution is 0.0754. The van der Waals surface area contributed by atoms with Crippen molar-refractivity contribution in [2.24, 2.45) is 0 Å². The molecule has 1 amide bonds. The van der Waals surface area contributed by atoms with Gasteiger partial charge in [0, 0.05) is 31.9 Å². The van der Waals surface area contributed by atoms with Crippen molar-refractivity contribution in [2.45, 2.75) is 31.8 Å². The van der Waals surface area contributed by atoms with Gasteiger partial charge in [0.2, 0.25) is 0 Å². The van der Waals surface area contributed by atoms with Gasteiger partial charge in [0.1, 0.15) is 5.75 Å². The zero-order valence-electron chi connectivity index (χ0n) is 15.6. The predicted octanol–water partition coefficient (Wildman–Crippen LogP) is 3.22. The molecule has 2 heterocycles. The van der Waals surface area contributed by atoms with Crippen molar-refractivity contribution in [3.8, 4) is 5.75 Å². The van der Waals surface area contributed by atoms with Crippen molar-refractivity contribution < 1.29 is 9.53 Å². The van der Waals surface area contributed by atoms with Gasteiger partial charge in [-0.05, 0) is 50.6 Å². The standard InChI is InChI=1S/C21H27N3O2/c1-23(16-17-8-5-6-13-22-17)18-9-7-14-24(15-12-18)21(25)19-10-3-4-11-20(19)26-2/h3-6,8,10-11,13,18H,7,9,12,14-16H2,1-2H3/t18-/m1/s1. The fraction of sp³-hybridized carbons (Fsp3) is 0.429. The number of benzene rings is 1.